The fourth-order valence-corrected chi connectivity index (χ4v) is 1.44. The molecule has 0 bridgehead atoms. The predicted molar refractivity (Wildman–Crippen MR) is 48.5 cm³/mol. The van der Waals surface area contributed by atoms with Gasteiger partial charge in [-0.25, -0.2) is 0 Å². The van der Waals surface area contributed by atoms with Crippen molar-refractivity contribution in [3.05, 3.63) is 29.3 Å². The van der Waals surface area contributed by atoms with Crippen molar-refractivity contribution in [3.63, 3.8) is 0 Å². The number of halogens is 2. The monoisotopic (exact) mass is 199 g/mol. The molecule has 0 amide bonds. The number of nitrogens with one attached hydrogen (secondary N) is 1. The molecule has 1 aliphatic heterocycles. The molecule has 1 aliphatic rings. The van der Waals surface area contributed by atoms with Gasteiger partial charge in [0.05, 0.1) is 0 Å². The maximum atomic E-state index is 13.0. The molecule has 0 unspecified atom stereocenters. The van der Waals surface area contributed by atoms with E-state index >= 15 is 0 Å². The van der Waals surface area contributed by atoms with Crippen molar-refractivity contribution in [2.75, 3.05) is 6.54 Å². The Labute approximate surface area is 80.9 Å². The number of aryl methyl sites for hydroxylation is 1. The third-order valence-electron chi connectivity index (χ3n) is 2.13. The molecule has 0 saturated heterocycles. The molecule has 0 radical (unpaired) electrons. The molecule has 1 N–H and O–H groups in total. The number of rotatable bonds is 0. The first-order chi connectivity index (χ1) is 6.57. The minimum absolute atomic E-state index is 0.278. The maximum Gasteiger partial charge on any atom is 0.410 e. The van der Waals surface area contributed by atoms with Gasteiger partial charge < -0.3 is 10.1 Å². The summed E-state index contributed by atoms with van der Waals surface area (Å²) in [5, 5.41) is 2.64. The van der Waals surface area contributed by atoms with Gasteiger partial charge in [0.1, 0.15) is 12.3 Å². The molecule has 1 aromatic carbocycles. The standard InChI is InChI=1S/C10H11F2NO/c1-7-2-3-8-5-13-6-10(11,12)14-9(8)4-7/h2-4,13H,5-6H2,1H3. The van der Waals surface area contributed by atoms with Gasteiger partial charge in [0.25, 0.3) is 0 Å². The van der Waals surface area contributed by atoms with Crippen LogP contribution < -0.4 is 10.1 Å². The molecular formula is C10H11F2NO. The Morgan fingerprint density at radius 2 is 2.21 bits per heavy atom. The highest BCUT2D eigenvalue weighted by atomic mass is 19.3. The SMILES string of the molecule is Cc1ccc2c(c1)OC(F)(F)CNC2. The molecule has 2 nitrogen and oxygen atoms in total. The summed E-state index contributed by atoms with van der Waals surface area (Å²) in [7, 11) is 0. The quantitative estimate of drug-likeness (QED) is 0.690. The van der Waals surface area contributed by atoms with E-state index in [1.807, 2.05) is 13.0 Å². The molecular weight excluding hydrogens is 188 g/mol. The van der Waals surface area contributed by atoms with Gasteiger partial charge >= 0.3 is 6.11 Å². The number of fused-ring (bicyclic) bond motifs is 1. The van der Waals surface area contributed by atoms with Crippen LogP contribution >= 0.6 is 0 Å². The summed E-state index contributed by atoms with van der Waals surface area (Å²) >= 11 is 0. The normalized spacial score (nSPS) is 19.4. The molecule has 0 aliphatic carbocycles. The zero-order valence-electron chi connectivity index (χ0n) is 7.81. The van der Waals surface area contributed by atoms with E-state index in [1.165, 1.54) is 0 Å². The van der Waals surface area contributed by atoms with Crippen molar-refractivity contribution in [1.82, 2.24) is 5.32 Å². The molecule has 1 aromatic rings. The van der Waals surface area contributed by atoms with Crippen LogP contribution in [0.3, 0.4) is 0 Å². The number of alkyl halides is 2. The fourth-order valence-electron chi connectivity index (χ4n) is 1.44. The zero-order chi connectivity index (χ0) is 10.2. The van der Waals surface area contributed by atoms with Crippen LogP contribution in [0.4, 0.5) is 8.78 Å². The van der Waals surface area contributed by atoms with Crippen molar-refractivity contribution in [3.8, 4) is 5.75 Å². The van der Waals surface area contributed by atoms with Crippen molar-refractivity contribution in [1.29, 1.82) is 0 Å². The molecule has 14 heavy (non-hydrogen) atoms. The average molecular weight is 199 g/mol. The van der Waals surface area contributed by atoms with Crippen LogP contribution in [-0.2, 0) is 6.54 Å². The predicted octanol–water partition coefficient (Wildman–Crippen LogP) is 2.07. The van der Waals surface area contributed by atoms with E-state index in [0.717, 1.165) is 11.1 Å². The van der Waals surface area contributed by atoms with E-state index in [0.29, 0.717) is 6.54 Å². The minimum atomic E-state index is -3.11. The lowest BCUT2D eigenvalue weighted by molar-refractivity contribution is -0.168. The van der Waals surface area contributed by atoms with Crippen LogP contribution in [-0.4, -0.2) is 12.7 Å². The van der Waals surface area contributed by atoms with Gasteiger partial charge in [-0.2, -0.15) is 8.78 Å². The molecule has 0 atom stereocenters. The van der Waals surface area contributed by atoms with E-state index in [2.05, 4.69) is 10.1 Å². The van der Waals surface area contributed by atoms with Crippen LogP contribution in [0.2, 0.25) is 0 Å². The molecule has 0 aromatic heterocycles. The molecule has 0 spiro atoms. The molecule has 2 rings (SSSR count). The van der Waals surface area contributed by atoms with Crippen molar-refractivity contribution >= 4 is 0 Å². The Morgan fingerprint density at radius 1 is 1.43 bits per heavy atom. The molecule has 1 heterocycles. The summed E-state index contributed by atoms with van der Waals surface area (Å²) in [5.74, 6) is 0.278. The van der Waals surface area contributed by atoms with Crippen molar-refractivity contribution < 1.29 is 13.5 Å². The summed E-state index contributed by atoms with van der Waals surface area (Å²) in [6.07, 6.45) is -3.11. The zero-order valence-corrected chi connectivity index (χ0v) is 7.81. The molecule has 0 fully saturated rings. The highest BCUT2D eigenvalue weighted by Gasteiger charge is 2.33. The second-order valence-electron chi connectivity index (χ2n) is 3.45. The first kappa shape index (κ1) is 9.40. The fraction of sp³-hybridized carbons (Fsp3) is 0.400. The van der Waals surface area contributed by atoms with Gasteiger partial charge in [-0.3, -0.25) is 0 Å². The van der Waals surface area contributed by atoms with Gasteiger partial charge in [-0.1, -0.05) is 12.1 Å². The lowest BCUT2D eigenvalue weighted by Crippen LogP contribution is -2.34. The van der Waals surface area contributed by atoms with Gasteiger partial charge in [-0.15, -0.1) is 0 Å². The minimum Gasteiger partial charge on any atom is -0.431 e. The average Bonchev–Trinajstić information content (AvgIpc) is 2.21. The number of hydrogen-bond donors (Lipinski definition) is 1. The number of hydrogen-bond acceptors (Lipinski definition) is 2. The van der Waals surface area contributed by atoms with Crippen LogP contribution in [0.25, 0.3) is 0 Å². The first-order valence-corrected chi connectivity index (χ1v) is 4.44. The van der Waals surface area contributed by atoms with E-state index in [9.17, 15) is 8.78 Å². The van der Waals surface area contributed by atoms with E-state index in [-0.39, 0.29) is 5.75 Å². The Bertz CT molecular complexity index is 352. The highest BCUT2D eigenvalue weighted by molar-refractivity contribution is 5.37. The van der Waals surface area contributed by atoms with Crippen LogP contribution in [0.15, 0.2) is 18.2 Å². The maximum absolute atomic E-state index is 13.0. The lowest BCUT2D eigenvalue weighted by Gasteiger charge is -2.15. The summed E-state index contributed by atoms with van der Waals surface area (Å²) in [6, 6.07) is 5.32. The number of benzene rings is 1. The van der Waals surface area contributed by atoms with Gasteiger partial charge in [0.2, 0.25) is 0 Å². The molecule has 0 saturated carbocycles. The van der Waals surface area contributed by atoms with Crippen LogP contribution in [0.5, 0.6) is 5.75 Å². The third-order valence-corrected chi connectivity index (χ3v) is 2.13. The van der Waals surface area contributed by atoms with E-state index in [1.54, 1.807) is 12.1 Å². The van der Waals surface area contributed by atoms with Crippen molar-refractivity contribution in [2.24, 2.45) is 0 Å². The summed E-state index contributed by atoms with van der Waals surface area (Å²) in [4.78, 5) is 0. The van der Waals surface area contributed by atoms with Gasteiger partial charge in [0, 0.05) is 12.1 Å². The Kier molecular flexibility index (Phi) is 2.15. The van der Waals surface area contributed by atoms with Crippen molar-refractivity contribution in [2.45, 2.75) is 19.6 Å². The largest absolute Gasteiger partial charge is 0.431 e. The topological polar surface area (TPSA) is 21.3 Å². The second kappa shape index (κ2) is 3.20. The first-order valence-electron chi connectivity index (χ1n) is 4.44. The third kappa shape index (κ3) is 1.85. The van der Waals surface area contributed by atoms with Gasteiger partial charge in [-0.05, 0) is 18.6 Å². The Hall–Kier alpha value is -1.16. The Balaban J connectivity index is 2.38. The second-order valence-corrected chi connectivity index (χ2v) is 3.45. The highest BCUT2D eigenvalue weighted by Crippen LogP contribution is 2.28. The van der Waals surface area contributed by atoms with Crippen LogP contribution in [0, 0.1) is 6.92 Å². The molecule has 4 heteroatoms. The molecule has 76 valence electrons. The summed E-state index contributed by atoms with van der Waals surface area (Å²) in [5.41, 5.74) is 1.69. The van der Waals surface area contributed by atoms with E-state index in [4.69, 9.17) is 0 Å². The smallest absolute Gasteiger partial charge is 0.410 e. The van der Waals surface area contributed by atoms with Crippen LogP contribution in [0.1, 0.15) is 11.1 Å². The summed E-state index contributed by atoms with van der Waals surface area (Å²) < 4.78 is 30.6. The Morgan fingerprint density at radius 3 is 3.00 bits per heavy atom. The van der Waals surface area contributed by atoms with E-state index < -0.39 is 12.7 Å². The summed E-state index contributed by atoms with van der Waals surface area (Å²) in [6.45, 7) is 1.83. The number of ether oxygens (including phenoxy) is 1. The lowest BCUT2D eigenvalue weighted by atomic mass is 10.1. The van der Waals surface area contributed by atoms with Gasteiger partial charge in [0.15, 0.2) is 0 Å².